The number of nitrogens with zero attached hydrogens (tertiary/aromatic N) is 1. The zero-order valence-corrected chi connectivity index (χ0v) is 10.6. The predicted octanol–water partition coefficient (Wildman–Crippen LogP) is 3.45. The van der Waals surface area contributed by atoms with Gasteiger partial charge in [-0.3, -0.25) is 0 Å². The summed E-state index contributed by atoms with van der Waals surface area (Å²) in [4.78, 5) is 11.2. The number of carboxylic acid groups (broad SMARTS) is 1. The minimum Gasteiger partial charge on any atom is -0.478 e. The highest BCUT2D eigenvalue weighted by Crippen LogP contribution is 2.25. The fourth-order valence-corrected chi connectivity index (χ4v) is 1.81. The molecule has 0 atom stereocenters. The van der Waals surface area contributed by atoms with Crippen LogP contribution >= 0.6 is 0 Å². The Balaban J connectivity index is 2.43. The minimum atomic E-state index is -1.13. The number of anilines is 2. The molecule has 0 heterocycles. The molecule has 2 N–H and O–H groups in total. The van der Waals surface area contributed by atoms with Crippen LogP contribution in [0.5, 0.6) is 0 Å². The van der Waals surface area contributed by atoms with Crippen molar-refractivity contribution in [2.75, 3.05) is 5.32 Å². The number of nitrogens with one attached hydrogen (secondary N) is 1. The second-order valence-corrected chi connectivity index (χ2v) is 4.26. The van der Waals surface area contributed by atoms with E-state index in [-0.39, 0.29) is 16.9 Å². The molecule has 0 fully saturated rings. The van der Waals surface area contributed by atoms with E-state index in [1.54, 1.807) is 6.92 Å². The number of aryl methyl sites for hydroxylation is 1. The molecule has 2 aromatic carbocycles. The molecule has 5 heteroatoms. The van der Waals surface area contributed by atoms with Gasteiger partial charge in [0.2, 0.25) is 0 Å². The average Bonchev–Trinajstić information content (AvgIpc) is 2.42. The van der Waals surface area contributed by atoms with Crippen LogP contribution in [0.15, 0.2) is 36.4 Å². The summed E-state index contributed by atoms with van der Waals surface area (Å²) in [6.45, 7) is 1.72. The van der Waals surface area contributed by atoms with Crippen LogP contribution in [-0.2, 0) is 0 Å². The highest BCUT2D eigenvalue weighted by molar-refractivity contribution is 5.95. The van der Waals surface area contributed by atoms with Crippen LogP contribution in [0.25, 0.3) is 0 Å². The zero-order valence-electron chi connectivity index (χ0n) is 10.6. The Morgan fingerprint density at radius 1 is 1.25 bits per heavy atom. The first-order valence-electron chi connectivity index (χ1n) is 5.82. The lowest BCUT2D eigenvalue weighted by atomic mass is 10.1. The zero-order chi connectivity index (χ0) is 14.7. The molecule has 0 amide bonds. The van der Waals surface area contributed by atoms with Gasteiger partial charge in [-0.2, -0.15) is 5.26 Å². The predicted molar refractivity (Wildman–Crippen MR) is 72.5 cm³/mol. The lowest BCUT2D eigenvalue weighted by molar-refractivity contribution is 0.0698. The Morgan fingerprint density at radius 2 is 1.95 bits per heavy atom. The van der Waals surface area contributed by atoms with Crippen LogP contribution in [0.2, 0.25) is 0 Å². The quantitative estimate of drug-likeness (QED) is 0.895. The third-order valence-electron chi connectivity index (χ3n) is 2.84. The molecule has 0 unspecified atom stereocenters. The van der Waals surface area contributed by atoms with Crippen LogP contribution in [0.1, 0.15) is 21.5 Å². The first-order valence-corrected chi connectivity index (χ1v) is 5.82. The van der Waals surface area contributed by atoms with Gasteiger partial charge in [0.15, 0.2) is 0 Å². The van der Waals surface area contributed by atoms with E-state index in [0.29, 0.717) is 16.9 Å². The molecular formula is C15H11FN2O2. The Hall–Kier alpha value is -2.87. The molecule has 0 aliphatic carbocycles. The van der Waals surface area contributed by atoms with Gasteiger partial charge in [-0.05, 0) is 48.9 Å². The van der Waals surface area contributed by atoms with Crippen LogP contribution in [-0.4, -0.2) is 11.1 Å². The van der Waals surface area contributed by atoms with E-state index in [0.717, 1.165) is 0 Å². The molecule has 0 saturated carbocycles. The smallest absolute Gasteiger partial charge is 0.337 e. The van der Waals surface area contributed by atoms with Gasteiger partial charge in [0.25, 0.3) is 0 Å². The number of carboxylic acids is 1. The molecule has 0 bridgehead atoms. The molecule has 100 valence electrons. The lowest BCUT2D eigenvalue weighted by Crippen LogP contribution is -2.04. The summed E-state index contributed by atoms with van der Waals surface area (Å²) in [6, 6.07) is 10.4. The SMILES string of the molecule is Cc1cc(F)ccc1Nc1ccc(C#N)cc1C(=O)O. The number of nitriles is 1. The van der Waals surface area contributed by atoms with Gasteiger partial charge >= 0.3 is 5.97 Å². The Kier molecular flexibility index (Phi) is 3.67. The summed E-state index contributed by atoms with van der Waals surface area (Å²) in [5.41, 5.74) is 1.88. The molecule has 0 aliphatic heterocycles. The van der Waals surface area contributed by atoms with E-state index in [4.69, 9.17) is 10.4 Å². The highest BCUT2D eigenvalue weighted by Gasteiger charge is 2.12. The van der Waals surface area contributed by atoms with Crippen molar-refractivity contribution in [2.45, 2.75) is 6.92 Å². The summed E-state index contributed by atoms with van der Waals surface area (Å²) in [5.74, 6) is -1.49. The Bertz CT molecular complexity index is 720. The average molecular weight is 270 g/mol. The topological polar surface area (TPSA) is 73.1 Å². The Morgan fingerprint density at radius 3 is 2.55 bits per heavy atom. The summed E-state index contributed by atoms with van der Waals surface area (Å²) >= 11 is 0. The Labute approximate surface area is 115 Å². The number of rotatable bonds is 3. The number of carbonyl (C=O) groups is 1. The van der Waals surface area contributed by atoms with Crippen molar-refractivity contribution in [3.05, 3.63) is 58.9 Å². The van der Waals surface area contributed by atoms with Crippen LogP contribution < -0.4 is 5.32 Å². The van der Waals surface area contributed by atoms with Crippen molar-refractivity contribution >= 4 is 17.3 Å². The molecule has 2 aromatic rings. The van der Waals surface area contributed by atoms with E-state index in [9.17, 15) is 9.18 Å². The molecule has 0 spiro atoms. The number of aromatic carboxylic acids is 1. The van der Waals surface area contributed by atoms with Crippen LogP contribution in [0, 0.1) is 24.1 Å². The monoisotopic (exact) mass is 270 g/mol. The molecule has 4 nitrogen and oxygen atoms in total. The van der Waals surface area contributed by atoms with E-state index < -0.39 is 5.97 Å². The van der Waals surface area contributed by atoms with Gasteiger partial charge in [0.1, 0.15) is 5.82 Å². The van der Waals surface area contributed by atoms with Gasteiger partial charge < -0.3 is 10.4 Å². The normalized spacial score (nSPS) is 9.85. The molecule has 20 heavy (non-hydrogen) atoms. The van der Waals surface area contributed by atoms with E-state index >= 15 is 0 Å². The second-order valence-electron chi connectivity index (χ2n) is 4.26. The highest BCUT2D eigenvalue weighted by atomic mass is 19.1. The number of benzene rings is 2. The van der Waals surface area contributed by atoms with E-state index in [2.05, 4.69) is 5.32 Å². The third-order valence-corrected chi connectivity index (χ3v) is 2.84. The molecule has 2 rings (SSSR count). The summed E-state index contributed by atoms with van der Waals surface area (Å²) < 4.78 is 13.0. The second kappa shape index (κ2) is 5.41. The largest absolute Gasteiger partial charge is 0.478 e. The van der Waals surface area contributed by atoms with Gasteiger partial charge in [-0.15, -0.1) is 0 Å². The molecule has 0 aromatic heterocycles. The minimum absolute atomic E-state index is 0.00669. The standard InChI is InChI=1S/C15H11FN2O2/c1-9-6-11(16)3-5-13(9)18-14-4-2-10(8-17)7-12(14)15(19)20/h2-7,18H,1H3,(H,19,20). The third kappa shape index (κ3) is 2.75. The molecular weight excluding hydrogens is 259 g/mol. The lowest BCUT2D eigenvalue weighted by Gasteiger charge is -2.12. The van der Waals surface area contributed by atoms with Crippen molar-refractivity contribution in [1.82, 2.24) is 0 Å². The van der Waals surface area contributed by atoms with Crippen molar-refractivity contribution in [1.29, 1.82) is 5.26 Å². The first-order chi connectivity index (χ1) is 9.51. The van der Waals surface area contributed by atoms with Crippen molar-refractivity contribution < 1.29 is 14.3 Å². The number of halogens is 1. The molecule has 0 saturated heterocycles. The van der Waals surface area contributed by atoms with Crippen LogP contribution in [0.4, 0.5) is 15.8 Å². The maximum absolute atomic E-state index is 13.0. The van der Waals surface area contributed by atoms with Gasteiger partial charge in [-0.1, -0.05) is 0 Å². The van der Waals surface area contributed by atoms with Crippen molar-refractivity contribution in [3.63, 3.8) is 0 Å². The maximum Gasteiger partial charge on any atom is 0.337 e. The van der Waals surface area contributed by atoms with Crippen molar-refractivity contribution in [3.8, 4) is 6.07 Å². The van der Waals surface area contributed by atoms with Gasteiger partial charge in [-0.25, -0.2) is 9.18 Å². The van der Waals surface area contributed by atoms with Gasteiger partial charge in [0.05, 0.1) is 22.9 Å². The molecule has 0 aliphatic rings. The van der Waals surface area contributed by atoms with E-state index in [1.165, 1.54) is 36.4 Å². The number of hydrogen-bond donors (Lipinski definition) is 2. The fourth-order valence-electron chi connectivity index (χ4n) is 1.81. The summed E-state index contributed by atoms with van der Waals surface area (Å²) in [6.07, 6.45) is 0. The van der Waals surface area contributed by atoms with E-state index in [1.807, 2.05) is 6.07 Å². The first kappa shape index (κ1) is 13.6. The summed E-state index contributed by atoms with van der Waals surface area (Å²) in [5, 5.41) is 20.9. The molecule has 0 radical (unpaired) electrons. The van der Waals surface area contributed by atoms with Crippen molar-refractivity contribution in [2.24, 2.45) is 0 Å². The fraction of sp³-hybridized carbons (Fsp3) is 0.0667. The summed E-state index contributed by atoms with van der Waals surface area (Å²) in [7, 11) is 0. The maximum atomic E-state index is 13.0. The van der Waals surface area contributed by atoms with Gasteiger partial charge in [0, 0.05) is 5.69 Å². The number of hydrogen-bond acceptors (Lipinski definition) is 3. The van der Waals surface area contributed by atoms with Crippen LogP contribution in [0.3, 0.4) is 0 Å².